The Morgan fingerprint density at radius 1 is 1.33 bits per heavy atom. The van der Waals surface area contributed by atoms with E-state index in [1.54, 1.807) is 23.5 Å². The topological polar surface area (TPSA) is 28.2 Å². The normalized spacial score (nSPS) is 14.4. The van der Waals surface area contributed by atoms with E-state index in [1.807, 2.05) is 11.9 Å². The Morgan fingerprint density at radius 2 is 2.05 bits per heavy atom. The summed E-state index contributed by atoms with van der Waals surface area (Å²) in [7, 11) is 1.98. The second-order valence-electron chi connectivity index (χ2n) is 5.41. The second-order valence-corrected chi connectivity index (χ2v) is 6.47. The number of aromatic nitrogens is 1. The van der Waals surface area contributed by atoms with Crippen molar-refractivity contribution in [2.75, 3.05) is 11.9 Å². The van der Waals surface area contributed by atoms with E-state index in [4.69, 9.17) is 4.98 Å². The standard InChI is InChI=1S/C16H20FN3S/c1-3-14-15(10-18-12-6-7-12)21-16(19-14)20(2)13-8-4-11(17)5-9-13/h4-5,8-9,12,18H,3,6-7,10H2,1-2H3. The molecular formula is C16H20FN3S. The predicted molar refractivity (Wildman–Crippen MR) is 85.8 cm³/mol. The van der Waals surface area contributed by atoms with Gasteiger partial charge < -0.3 is 10.2 Å². The molecule has 3 rings (SSSR count). The first-order valence-electron chi connectivity index (χ1n) is 7.38. The second kappa shape index (κ2) is 6.12. The highest BCUT2D eigenvalue weighted by molar-refractivity contribution is 7.15. The first-order chi connectivity index (χ1) is 10.2. The largest absolute Gasteiger partial charge is 0.321 e. The summed E-state index contributed by atoms with van der Waals surface area (Å²) in [5, 5.41) is 4.51. The van der Waals surface area contributed by atoms with Crippen LogP contribution in [0.1, 0.15) is 30.3 Å². The highest BCUT2D eigenvalue weighted by atomic mass is 32.1. The van der Waals surface area contributed by atoms with E-state index < -0.39 is 0 Å². The number of hydrogen-bond donors (Lipinski definition) is 1. The maximum absolute atomic E-state index is 13.0. The molecule has 21 heavy (non-hydrogen) atoms. The minimum atomic E-state index is -0.213. The van der Waals surface area contributed by atoms with Gasteiger partial charge >= 0.3 is 0 Å². The van der Waals surface area contributed by atoms with Crippen molar-refractivity contribution in [2.45, 2.75) is 38.8 Å². The molecule has 0 radical (unpaired) electrons. The van der Waals surface area contributed by atoms with Gasteiger partial charge in [0.15, 0.2) is 5.13 Å². The molecule has 1 aromatic heterocycles. The lowest BCUT2D eigenvalue weighted by atomic mass is 10.3. The minimum absolute atomic E-state index is 0.213. The van der Waals surface area contributed by atoms with Crippen molar-refractivity contribution < 1.29 is 4.39 Å². The first-order valence-corrected chi connectivity index (χ1v) is 8.20. The van der Waals surface area contributed by atoms with Gasteiger partial charge in [0.05, 0.1) is 5.69 Å². The molecule has 1 aliphatic rings. The fourth-order valence-electron chi connectivity index (χ4n) is 2.23. The fourth-order valence-corrected chi connectivity index (χ4v) is 3.31. The molecule has 3 nitrogen and oxygen atoms in total. The molecule has 1 heterocycles. The molecule has 1 saturated carbocycles. The van der Waals surface area contributed by atoms with Gasteiger partial charge in [0, 0.05) is 30.2 Å². The van der Waals surface area contributed by atoms with E-state index in [9.17, 15) is 4.39 Å². The molecule has 0 amide bonds. The molecule has 1 fully saturated rings. The highest BCUT2D eigenvalue weighted by Gasteiger charge is 2.22. The Hall–Kier alpha value is -1.46. The number of hydrogen-bond acceptors (Lipinski definition) is 4. The van der Waals surface area contributed by atoms with Crippen LogP contribution >= 0.6 is 11.3 Å². The summed E-state index contributed by atoms with van der Waals surface area (Å²) in [6, 6.07) is 7.23. The zero-order valence-electron chi connectivity index (χ0n) is 12.4. The van der Waals surface area contributed by atoms with E-state index in [1.165, 1.54) is 29.9 Å². The molecule has 0 bridgehead atoms. The van der Waals surface area contributed by atoms with Gasteiger partial charge in [-0.05, 0) is 43.5 Å². The average molecular weight is 305 g/mol. The van der Waals surface area contributed by atoms with Crippen molar-refractivity contribution in [3.8, 4) is 0 Å². The third-order valence-electron chi connectivity index (χ3n) is 3.73. The molecule has 0 spiro atoms. The number of benzene rings is 1. The predicted octanol–water partition coefficient (Wildman–Crippen LogP) is 3.86. The van der Waals surface area contributed by atoms with Gasteiger partial charge in [-0.25, -0.2) is 9.37 Å². The lowest BCUT2D eigenvalue weighted by Gasteiger charge is -2.15. The lowest BCUT2D eigenvalue weighted by molar-refractivity contribution is 0.628. The smallest absolute Gasteiger partial charge is 0.190 e. The van der Waals surface area contributed by atoms with Gasteiger partial charge in [-0.2, -0.15) is 0 Å². The van der Waals surface area contributed by atoms with Crippen LogP contribution in [-0.4, -0.2) is 18.1 Å². The van der Waals surface area contributed by atoms with Crippen LogP contribution in [0.15, 0.2) is 24.3 Å². The fraction of sp³-hybridized carbons (Fsp3) is 0.438. The Bertz CT molecular complexity index is 604. The van der Waals surface area contributed by atoms with Crippen LogP contribution in [0.5, 0.6) is 0 Å². The van der Waals surface area contributed by atoms with E-state index in [2.05, 4.69) is 12.2 Å². The molecule has 112 valence electrons. The highest BCUT2D eigenvalue weighted by Crippen LogP contribution is 2.31. The summed E-state index contributed by atoms with van der Waals surface area (Å²) in [5.41, 5.74) is 2.12. The molecule has 1 aliphatic carbocycles. The van der Waals surface area contributed by atoms with Crippen LogP contribution < -0.4 is 10.2 Å². The zero-order valence-corrected chi connectivity index (χ0v) is 13.2. The number of anilines is 2. The van der Waals surface area contributed by atoms with Crippen molar-refractivity contribution in [3.63, 3.8) is 0 Å². The maximum atomic E-state index is 13.0. The summed E-state index contributed by atoms with van der Waals surface area (Å²) in [5.74, 6) is -0.213. The quantitative estimate of drug-likeness (QED) is 0.878. The first kappa shape index (κ1) is 14.5. The lowest BCUT2D eigenvalue weighted by Crippen LogP contribution is -2.15. The molecule has 0 aliphatic heterocycles. The molecule has 0 unspecified atom stereocenters. The average Bonchev–Trinajstić information content (AvgIpc) is 3.23. The number of halogens is 1. The molecule has 1 N–H and O–H groups in total. The van der Waals surface area contributed by atoms with Crippen molar-refractivity contribution in [1.29, 1.82) is 0 Å². The summed E-state index contributed by atoms with van der Waals surface area (Å²) in [4.78, 5) is 8.07. The van der Waals surface area contributed by atoms with Crippen molar-refractivity contribution in [1.82, 2.24) is 10.3 Å². The van der Waals surface area contributed by atoms with E-state index in [-0.39, 0.29) is 5.82 Å². The number of nitrogens with one attached hydrogen (secondary N) is 1. The zero-order chi connectivity index (χ0) is 14.8. The van der Waals surface area contributed by atoms with Crippen molar-refractivity contribution in [2.24, 2.45) is 0 Å². The Labute approximate surface area is 128 Å². The van der Waals surface area contributed by atoms with Crippen LogP contribution in [0.3, 0.4) is 0 Å². The monoisotopic (exact) mass is 305 g/mol. The SMILES string of the molecule is CCc1nc(N(C)c2ccc(F)cc2)sc1CNC1CC1. The van der Waals surface area contributed by atoms with Gasteiger partial charge in [-0.3, -0.25) is 0 Å². The summed E-state index contributed by atoms with van der Waals surface area (Å²) in [6.07, 6.45) is 3.53. The Kier molecular flexibility index (Phi) is 4.22. The van der Waals surface area contributed by atoms with E-state index in [0.29, 0.717) is 6.04 Å². The number of aryl methyl sites for hydroxylation is 1. The number of rotatable bonds is 6. The van der Waals surface area contributed by atoms with Crippen LogP contribution in [0.25, 0.3) is 0 Å². The Balaban J connectivity index is 1.78. The van der Waals surface area contributed by atoms with Crippen molar-refractivity contribution in [3.05, 3.63) is 40.7 Å². The van der Waals surface area contributed by atoms with Crippen LogP contribution in [0.2, 0.25) is 0 Å². The number of nitrogens with zero attached hydrogens (tertiary/aromatic N) is 2. The molecular weight excluding hydrogens is 285 g/mol. The molecule has 5 heteroatoms. The Morgan fingerprint density at radius 3 is 2.67 bits per heavy atom. The molecule has 2 aromatic rings. The minimum Gasteiger partial charge on any atom is -0.321 e. The van der Waals surface area contributed by atoms with Crippen LogP contribution in [0.4, 0.5) is 15.2 Å². The summed E-state index contributed by atoms with van der Waals surface area (Å²) in [6.45, 7) is 3.04. The summed E-state index contributed by atoms with van der Waals surface area (Å²) >= 11 is 1.72. The number of thiazole rings is 1. The third-order valence-corrected chi connectivity index (χ3v) is 4.91. The maximum Gasteiger partial charge on any atom is 0.190 e. The molecule has 1 aromatic carbocycles. The molecule has 0 saturated heterocycles. The van der Waals surface area contributed by atoms with Crippen LogP contribution in [-0.2, 0) is 13.0 Å². The summed E-state index contributed by atoms with van der Waals surface area (Å²) < 4.78 is 13.0. The van der Waals surface area contributed by atoms with Gasteiger partial charge in [0.25, 0.3) is 0 Å². The van der Waals surface area contributed by atoms with Gasteiger partial charge in [-0.15, -0.1) is 0 Å². The van der Waals surface area contributed by atoms with E-state index in [0.717, 1.165) is 29.5 Å². The van der Waals surface area contributed by atoms with Gasteiger partial charge in [-0.1, -0.05) is 18.3 Å². The third kappa shape index (κ3) is 3.41. The van der Waals surface area contributed by atoms with Gasteiger partial charge in [0.1, 0.15) is 5.82 Å². The van der Waals surface area contributed by atoms with Crippen molar-refractivity contribution >= 4 is 22.2 Å². The molecule has 0 atom stereocenters. The van der Waals surface area contributed by atoms with Gasteiger partial charge in [0.2, 0.25) is 0 Å². The van der Waals surface area contributed by atoms with Crippen LogP contribution in [0, 0.1) is 5.82 Å². The van der Waals surface area contributed by atoms with E-state index >= 15 is 0 Å².